The molecule has 2 aromatic rings. The van der Waals surface area contributed by atoms with Gasteiger partial charge < -0.3 is 5.11 Å². The Kier molecular flexibility index (Phi) is 3.54. The largest absolute Gasteiger partial charge is 0.361 e. The molecule has 3 rings (SSSR count). The van der Waals surface area contributed by atoms with Crippen LogP contribution in [0, 0.1) is 0 Å². The van der Waals surface area contributed by atoms with Crippen molar-refractivity contribution in [1.82, 2.24) is 4.90 Å². The summed E-state index contributed by atoms with van der Waals surface area (Å²) in [4.78, 5) is 26.3. The minimum Gasteiger partial charge on any atom is -0.361 e. The van der Waals surface area contributed by atoms with E-state index in [1.807, 2.05) is 30.3 Å². The summed E-state index contributed by atoms with van der Waals surface area (Å²) in [5.41, 5.74) is -0.241. The first-order valence-corrected chi connectivity index (χ1v) is 7.30. The molecule has 1 atom stereocenters. The number of carbonyl (C=O) groups excluding carboxylic acids is 2. The van der Waals surface area contributed by atoms with Crippen molar-refractivity contribution in [1.29, 1.82) is 0 Å². The first kappa shape index (κ1) is 14.5. The quantitative estimate of drug-likeness (QED) is 0.942. The van der Waals surface area contributed by atoms with Crippen molar-refractivity contribution in [3.63, 3.8) is 0 Å². The number of Topliss-reactive ketones (excluding diaryl/α,β-unsaturated/α-hetero) is 1. The van der Waals surface area contributed by atoms with Crippen molar-refractivity contribution in [2.45, 2.75) is 25.6 Å². The maximum atomic E-state index is 12.7. The Balaban J connectivity index is 2.09. The third kappa shape index (κ3) is 2.04. The van der Waals surface area contributed by atoms with Crippen molar-refractivity contribution < 1.29 is 14.7 Å². The van der Waals surface area contributed by atoms with Gasteiger partial charge in [-0.05, 0) is 11.6 Å². The molecule has 0 spiro atoms. The molecule has 0 saturated carbocycles. The standard InChI is InChI=1S/C18H17NO3/c1-2-16(20)18(22)15-11-7-6-10-14(15)17(21)19(18)12-13-8-4-3-5-9-13/h3-11,22H,2,12H2,1H3. The SMILES string of the molecule is CCC(=O)C1(O)c2ccccc2C(=O)N1Cc1ccccc1. The Morgan fingerprint density at radius 3 is 2.41 bits per heavy atom. The number of benzene rings is 2. The first-order valence-electron chi connectivity index (χ1n) is 7.30. The molecule has 1 unspecified atom stereocenters. The molecule has 1 N–H and O–H groups in total. The van der Waals surface area contributed by atoms with E-state index in [1.165, 1.54) is 4.90 Å². The van der Waals surface area contributed by atoms with Gasteiger partial charge in [-0.1, -0.05) is 55.5 Å². The molecule has 1 amide bonds. The second kappa shape index (κ2) is 5.39. The van der Waals surface area contributed by atoms with Crippen LogP contribution < -0.4 is 0 Å². The number of fused-ring (bicyclic) bond motifs is 1. The van der Waals surface area contributed by atoms with Gasteiger partial charge in [-0.2, -0.15) is 0 Å². The van der Waals surface area contributed by atoms with E-state index >= 15 is 0 Å². The van der Waals surface area contributed by atoms with Gasteiger partial charge in [0.05, 0.1) is 0 Å². The van der Waals surface area contributed by atoms with Gasteiger partial charge in [0, 0.05) is 24.1 Å². The number of hydrogen-bond acceptors (Lipinski definition) is 3. The lowest BCUT2D eigenvalue weighted by atomic mass is 9.95. The zero-order valence-electron chi connectivity index (χ0n) is 12.3. The predicted octanol–water partition coefficient (Wildman–Crippen LogP) is 2.47. The number of nitrogens with zero attached hydrogens (tertiary/aromatic N) is 1. The zero-order chi connectivity index (χ0) is 15.7. The summed E-state index contributed by atoms with van der Waals surface area (Å²) < 4.78 is 0. The van der Waals surface area contributed by atoms with E-state index in [0.29, 0.717) is 11.1 Å². The summed E-state index contributed by atoms with van der Waals surface area (Å²) in [5.74, 6) is -0.689. The van der Waals surface area contributed by atoms with Crippen molar-refractivity contribution in [3.8, 4) is 0 Å². The number of aliphatic hydroxyl groups is 1. The fourth-order valence-electron chi connectivity index (χ4n) is 2.91. The molecule has 0 saturated heterocycles. The van der Waals surface area contributed by atoms with Crippen molar-refractivity contribution >= 4 is 11.7 Å². The molecule has 4 heteroatoms. The number of ketones is 1. The second-order valence-electron chi connectivity index (χ2n) is 5.37. The van der Waals surface area contributed by atoms with Crippen molar-refractivity contribution in [2.24, 2.45) is 0 Å². The normalized spacial score (nSPS) is 20.1. The van der Waals surface area contributed by atoms with Gasteiger partial charge in [0.25, 0.3) is 5.91 Å². The maximum absolute atomic E-state index is 12.7. The van der Waals surface area contributed by atoms with Crippen LogP contribution in [0.2, 0.25) is 0 Å². The smallest absolute Gasteiger partial charge is 0.257 e. The average molecular weight is 295 g/mol. The highest BCUT2D eigenvalue weighted by molar-refractivity contribution is 6.06. The highest BCUT2D eigenvalue weighted by atomic mass is 16.3. The third-order valence-corrected chi connectivity index (χ3v) is 4.06. The highest BCUT2D eigenvalue weighted by Gasteiger charge is 2.52. The molecule has 1 heterocycles. The Morgan fingerprint density at radius 1 is 1.09 bits per heavy atom. The van der Waals surface area contributed by atoms with Crippen LogP contribution in [0.15, 0.2) is 54.6 Å². The molecule has 0 aromatic heterocycles. The van der Waals surface area contributed by atoms with Gasteiger partial charge in [0.1, 0.15) is 0 Å². The van der Waals surface area contributed by atoms with Crippen LogP contribution in [0.25, 0.3) is 0 Å². The van der Waals surface area contributed by atoms with Gasteiger partial charge >= 0.3 is 0 Å². The molecule has 0 radical (unpaired) electrons. The van der Waals surface area contributed by atoms with Gasteiger partial charge in [-0.3, -0.25) is 14.5 Å². The maximum Gasteiger partial charge on any atom is 0.257 e. The minimum atomic E-state index is -1.88. The lowest BCUT2D eigenvalue weighted by molar-refractivity contribution is -0.156. The molecule has 112 valence electrons. The van der Waals surface area contributed by atoms with Crippen LogP contribution in [-0.4, -0.2) is 21.7 Å². The minimum absolute atomic E-state index is 0.156. The van der Waals surface area contributed by atoms with Crippen molar-refractivity contribution in [2.75, 3.05) is 0 Å². The van der Waals surface area contributed by atoms with Crippen LogP contribution >= 0.6 is 0 Å². The van der Waals surface area contributed by atoms with E-state index in [-0.39, 0.29) is 24.7 Å². The van der Waals surface area contributed by atoms with Gasteiger partial charge in [-0.15, -0.1) is 0 Å². The lowest BCUT2D eigenvalue weighted by Gasteiger charge is -2.32. The summed E-state index contributed by atoms with van der Waals surface area (Å²) >= 11 is 0. The molecule has 22 heavy (non-hydrogen) atoms. The summed E-state index contributed by atoms with van der Waals surface area (Å²) in [5, 5.41) is 11.1. The molecule has 0 aliphatic carbocycles. The van der Waals surface area contributed by atoms with Crippen LogP contribution in [0.3, 0.4) is 0 Å². The fourth-order valence-corrected chi connectivity index (χ4v) is 2.91. The summed E-state index contributed by atoms with van der Waals surface area (Å²) in [7, 11) is 0. The van der Waals surface area contributed by atoms with Gasteiger partial charge in [0.15, 0.2) is 5.78 Å². The molecule has 1 aliphatic rings. The molecule has 2 aromatic carbocycles. The Morgan fingerprint density at radius 2 is 1.73 bits per heavy atom. The average Bonchev–Trinajstić information content (AvgIpc) is 2.78. The van der Waals surface area contributed by atoms with Crippen LogP contribution in [0.4, 0.5) is 0 Å². The van der Waals surface area contributed by atoms with E-state index in [1.54, 1.807) is 31.2 Å². The first-order chi connectivity index (χ1) is 10.6. The highest BCUT2D eigenvalue weighted by Crippen LogP contribution is 2.39. The monoisotopic (exact) mass is 295 g/mol. The third-order valence-electron chi connectivity index (χ3n) is 4.06. The van der Waals surface area contributed by atoms with E-state index in [4.69, 9.17) is 0 Å². The lowest BCUT2D eigenvalue weighted by Crippen LogP contribution is -2.49. The zero-order valence-corrected chi connectivity index (χ0v) is 12.3. The Hall–Kier alpha value is -2.46. The summed E-state index contributed by atoms with van der Waals surface area (Å²) in [6.07, 6.45) is 0.156. The van der Waals surface area contributed by atoms with E-state index < -0.39 is 5.72 Å². The summed E-state index contributed by atoms with van der Waals surface area (Å²) in [6, 6.07) is 16.1. The van der Waals surface area contributed by atoms with E-state index in [2.05, 4.69) is 0 Å². The number of amides is 1. The van der Waals surface area contributed by atoms with Crippen LogP contribution in [0.5, 0.6) is 0 Å². The number of carbonyl (C=O) groups is 2. The predicted molar refractivity (Wildman–Crippen MR) is 82.0 cm³/mol. The Labute approximate surface area is 129 Å². The molecule has 0 bridgehead atoms. The van der Waals surface area contributed by atoms with Crippen LogP contribution in [0.1, 0.15) is 34.8 Å². The second-order valence-corrected chi connectivity index (χ2v) is 5.37. The topological polar surface area (TPSA) is 57.6 Å². The number of rotatable bonds is 4. The van der Waals surface area contributed by atoms with E-state index in [0.717, 1.165) is 5.56 Å². The molecule has 0 fully saturated rings. The molecular formula is C18H17NO3. The number of hydrogen-bond donors (Lipinski definition) is 1. The molecule has 4 nitrogen and oxygen atoms in total. The summed E-state index contributed by atoms with van der Waals surface area (Å²) in [6.45, 7) is 1.88. The van der Waals surface area contributed by atoms with Crippen LogP contribution in [-0.2, 0) is 17.1 Å². The molecular weight excluding hydrogens is 278 g/mol. The van der Waals surface area contributed by atoms with Gasteiger partial charge in [0.2, 0.25) is 5.72 Å². The van der Waals surface area contributed by atoms with Crippen molar-refractivity contribution in [3.05, 3.63) is 71.3 Å². The van der Waals surface area contributed by atoms with Gasteiger partial charge in [-0.25, -0.2) is 0 Å². The van der Waals surface area contributed by atoms with E-state index in [9.17, 15) is 14.7 Å². The fraction of sp³-hybridized carbons (Fsp3) is 0.222. The molecule has 1 aliphatic heterocycles. The Bertz CT molecular complexity index is 726.